The Labute approximate surface area is 149 Å². The van der Waals surface area contributed by atoms with Crippen LogP contribution in [-0.2, 0) is 0 Å². The highest BCUT2D eigenvalue weighted by molar-refractivity contribution is 6.10. The minimum Gasteiger partial charge on any atom is -0.451 e. The number of carbonyl (C=O) groups excluding carboxylic acids is 1. The van der Waals surface area contributed by atoms with Crippen LogP contribution >= 0.6 is 0 Å². The van der Waals surface area contributed by atoms with Gasteiger partial charge in [-0.2, -0.15) is 15.6 Å². The Morgan fingerprint density at radius 3 is 2.58 bits per heavy atom. The number of benzene rings is 2. The summed E-state index contributed by atoms with van der Waals surface area (Å²) in [6.07, 6.45) is 0. The van der Waals surface area contributed by atoms with Crippen molar-refractivity contribution in [3.8, 4) is 12.1 Å². The molecule has 126 valence electrons. The summed E-state index contributed by atoms with van der Waals surface area (Å²) < 4.78 is 5.55. The third kappa shape index (κ3) is 3.53. The lowest BCUT2D eigenvalue weighted by Gasteiger charge is -2.09. The second kappa shape index (κ2) is 7.20. The van der Waals surface area contributed by atoms with Crippen LogP contribution in [0.3, 0.4) is 0 Å². The summed E-state index contributed by atoms with van der Waals surface area (Å²) in [5, 5.41) is 24.7. The monoisotopic (exact) mass is 343 g/mol. The smallest absolute Gasteiger partial charge is 0.291 e. The molecule has 0 fully saturated rings. The van der Waals surface area contributed by atoms with Crippen molar-refractivity contribution in [2.24, 2.45) is 5.10 Å². The molecule has 0 unspecified atom stereocenters. The van der Waals surface area contributed by atoms with Gasteiger partial charge in [0.25, 0.3) is 5.91 Å². The Balaban J connectivity index is 1.75. The Bertz CT molecular complexity index is 1050. The minimum absolute atomic E-state index is 0.227. The molecule has 0 atom stereocenters. The van der Waals surface area contributed by atoms with Gasteiger partial charge in [-0.15, -0.1) is 0 Å². The van der Waals surface area contributed by atoms with Crippen molar-refractivity contribution in [2.45, 2.75) is 6.92 Å². The van der Waals surface area contributed by atoms with E-state index < -0.39 is 0 Å². The second-order valence-electron chi connectivity index (χ2n) is 5.43. The highest BCUT2D eigenvalue weighted by Gasteiger charge is 2.13. The molecule has 0 bridgehead atoms. The molecule has 2 N–H and O–H groups in total. The normalized spacial score (nSPS) is 9.81. The maximum absolute atomic E-state index is 12.4. The first-order valence-electron chi connectivity index (χ1n) is 7.65. The van der Waals surface area contributed by atoms with Gasteiger partial charge >= 0.3 is 0 Å². The zero-order valence-corrected chi connectivity index (χ0v) is 13.8. The molecule has 7 heteroatoms. The average molecular weight is 343 g/mol. The van der Waals surface area contributed by atoms with E-state index in [2.05, 4.69) is 15.8 Å². The lowest BCUT2D eigenvalue weighted by Crippen LogP contribution is -2.11. The van der Waals surface area contributed by atoms with Crippen molar-refractivity contribution in [1.29, 1.82) is 10.5 Å². The van der Waals surface area contributed by atoms with Gasteiger partial charge < -0.3 is 9.73 Å². The number of hydrogen-bond acceptors (Lipinski definition) is 6. The van der Waals surface area contributed by atoms with E-state index in [4.69, 9.17) is 14.9 Å². The number of nitriles is 2. The van der Waals surface area contributed by atoms with E-state index in [1.165, 1.54) is 0 Å². The van der Waals surface area contributed by atoms with E-state index in [-0.39, 0.29) is 17.4 Å². The fourth-order valence-electron chi connectivity index (χ4n) is 2.35. The number of hydrogen-bond donors (Lipinski definition) is 2. The fraction of sp³-hybridized carbons (Fsp3) is 0.0526. The zero-order valence-electron chi connectivity index (χ0n) is 13.8. The van der Waals surface area contributed by atoms with Crippen LogP contribution < -0.4 is 10.7 Å². The van der Waals surface area contributed by atoms with Crippen LogP contribution in [0.25, 0.3) is 11.0 Å². The summed E-state index contributed by atoms with van der Waals surface area (Å²) >= 11 is 0. The highest BCUT2D eigenvalue weighted by atomic mass is 16.3. The molecule has 1 amide bonds. The lowest BCUT2D eigenvalue weighted by atomic mass is 10.1. The third-order valence-electron chi connectivity index (χ3n) is 3.63. The number of furan rings is 1. The highest BCUT2D eigenvalue weighted by Crippen LogP contribution is 2.23. The van der Waals surface area contributed by atoms with Crippen LogP contribution in [0, 0.1) is 29.6 Å². The number of carbonyl (C=O) groups is 1. The average Bonchev–Trinajstić information content (AvgIpc) is 3.09. The Hall–Kier alpha value is -4.10. The van der Waals surface area contributed by atoms with Gasteiger partial charge in [0, 0.05) is 11.1 Å². The van der Waals surface area contributed by atoms with Crippen LogP contribution in [0.4, 0.5) is 11.4 Å². The maximum atomic E-state index is 12.4. The van der Waals surface area contributed by atoms with Gasteiger partial charge in [0.1, 0.15) is 17.7 Å². The molecule has 1 aromatic heterocycles. The fourth-order valence-corrected chi connectivity index (χ4v) is 2.35. The van der Waals surface area contributed by atoms with Crippen LogP contribution in [0.5, 0.6) is 0 Å². The van der Waals surface area contributed by atoms with Gasteiger partial charge in [0.2, 0.25) is 5.71 Å². The number of anilines is 2. The molecule has 0 saturated heterocycles. The Morgan fingerprint density at radius 1 is 1.12 bits per heavy atom. The molecular formula is C19H13N5O2. The number of aryl methyl sites for hydroxylation is 1. The molecule has 3 rings (SSSR count). The largest absolute Gasteiger partial charge is 0.451 e. The molecular weight excluding hydrogens is 330 g/mol. The third-order valence-corrected chi connectivity index (χ3v) is 3.63. The summed E-state index contributed by atoms with van der Waals surface area (Å²) in [7, 11) is 0. The van der Waals surface area contributed by atoms with E-state index in [0.717, 1.165) is 10.9 Å². The molecule has 0 radical (unpaired) electrons. The van der Waals surface area contributed by atoms with Gasteiger partial charge in [-0.25, -0.2) is 0 Å². The van der Waals surface area contributed by atoms with Crippen LogP contribution in [0.2, 0.25) is 0 Å². The molecule has 0 saturated carbocycles. The SMILES string of the molecule is Cc1cc(NN=C(C#N)C#N)ccc1NC(=O)c1cc2ccccc2o1. The topological polar surface area (TPSA) is 114 Å². The van der Waals surface area contributed by atoms with E-state index in [1.807, 2.05) is 25.1 Å². The van der Waals surface area contributed by atoms with Crippen molar-refractivity contribution in [3.05, 3.63) is 59.9 Å². The maximum Gasteiger partial charge on any atom is 0.291 e. The van der Waals surface area contributed by atoms with Gasteiger partial charge in [0.05, 0.1) is 5.69 Å². The predicted octanol–water partition coefficient (Wildman–Crippen LogP) is 3.81. The number of fused-ring (bicyclic) bond motifs is 1. The molecule has 0 aliphatic heterocycles. The summed E-state index contributed by atoms with van der Waals surface area (Å²) in [6, 6.07) is 17.5. The van der Waals surface area contributed by atoms with Crippen molar-refractivity contribution in [1.82, 2.24) is 0 Å². The first kappa shape index (κ1) is 16.7. The Kier molecular flexibility index (Phi) is 4.64. The van der Waals surface area contributed by atoms with Gasteiger partial charge in [-0.1, -0.05) is 18.2 Å². The quantitative estimate of drug-likeness (QED) is 0.552. The summed E-state index contributed by atoms with van der Waals surface area (Å²) in [5.74, 6) is -0.121. The second-order valence-corrected chi connectivity index (χ2v) is 5.43. The number of nitrogens with zero attached hydrogens (tertiary/aromatic N) is 3. The first-order chi connectivity index (χ1) is 12.6. The standard InChI is InChI=1S/C19H13N5O2/c1-12-8-14(23-24-15(10-20)11-21)6-7-16(12)22-19(25)18-9-13-4-2-3-5-17(13)26-18/h2-9,23H,1H3,(H,22,25). The van der Waals surface area contributed by atoms with Crippen molar-refractivity contribution >= 4 is 34.0 Å². The molecule has 7 nitrogen and oxygen atoms in total. The van der Waals surface area contributed by atoms with Gasteiger partial charge in [0.15, 0.2) is 5.76 Å². The minimum atomic E-state index is -0.348. The lowest BCUT2D eigenvalue weighted by molar-refractivity contribution is 0.0998. The summed E-state index contributed by atoms with van der Waals surface area (Å²) in [4.78, 5) is 12.4. The molecule has 0 aliphatic carbocycles. The van der Waals surface area contributed by atoms with E-state index >= 15 is 0 Å². The number of amides is 1. The summed E-state index contributed by atoms with van der Waals surface area (Å²) in [6.45, 7) is 1.82. The van der Waals surface area contributed by atoms with E-state index in [9.17, 15) is 4.79 Å². The van der Waals surface area contributed by atoms with Crippen molar-refractivity contribution in [3.63, 3.8) is 0 Å². The predicted molar refractivity (Wildman–Crippen MR) is 97.6 cm³/mol. The van der Waals surface area contributed by atoms with Crippen molar-refractivity contribution < 1.29 is 9.21 Å². The molecule has 0 spiro atoms. The van der Waals surface area contributed by atoms with E-state index in [0.29, 0.717) is 17.0 Å². The Morgan fingerprint density at radius 2 is 1.88 bits per heavy atom. The van der Waals surface area contributed by atoms with Gasteiger partial charge in [-0.05, 0) is 42.8 Å². The number of hydrazone groups is 1. The number of para-hydroxylation sites is 1. The molecule has 1 heterocycles. The van der Waals surface area contributed by atoms with Crippen molar-refractivity contribution in [2.75, 3.05) is 10.7 Å². The zero-order chi connectivity index (χ0) is 18.5. The van der Waals surface area contributed by atoms with Crippen LogP contribution in [-0.4, -0.2) is 11.6 Å². The molecule has 26 heavy (non-hydrogen) atoms. The van der Waals surface area contributed by atoms with Gasteiger partial charge in [-0.3, -0.25) is 10.2 Å². The van der Waals surface area contributed by atoms with Crippen LogP contribution in [0.15, 0.2) is 58.0 Å². The molecule has 0 aliphatic rings. The molecule has 2 aromatic carbocycles. The molecule has 3 aromatic rings. The number of rotatable bonds is 4. The summed E-state index contributed by atoms with van der Waals surface area (Å²) in [5.41, 5.74) is 5.00. The number of nitrogens with one attached hydrogen (secondary N) is 2. The first-order valence-corrected chi connectivity index (χ1v) is 7.65. The van der Waals surface area contributed by atoms with E-state index in [1.54, 1.807) is 42.5 Å². The van der Waals surface area contributed by atoms with Crippen LogP contribution in [0.1, 0.15) is 16.1 Å².